The Bertz CT molecular complexity index is 449. The minimum absolute atomic E-state index is 0.517. The first-order valence-corrected chi connectivity index (χ1v) is 6.82. The van der Waals surface area contributed by atoms with E-state index in [1.165, 1.54) is 16.1 Å². The average Bonchev–Trinajstić information content (AvgIpc) is 2.80. The molecule has 0 radical (unpaired) electrons. The molecular weight excluding hydrogens is 228 g/mol. The summed E-state index contributed by atoms with van der Waals surface area (Å²) in [4.78, 5) is 4.35. The molecule has 2 nitrogen and oxygen atoms in total. The Kier molecular flexibility index (Phi) is 4.29. The molecule has 1 aromatic carbocycles. The number of hydrogen-bond acceptors (Lipinski definition) is 3. The van der Waals surface area contributed by atoms with Crippen molar-refractivity contribution < 1.29 is 0 Å². The van der Waals surface area contributed by atoms with Crippen molar-refractivity contribution in [3.63, 3.8) is 0 Å². The van der Waals surface area contributed by atoms with Gasteiger partial charge in [-0.3, -0.25) is 0 Å². The Labute approximate surface area is 107 Å². The van der Waals surface area contributed by atoms with Gasteiger partial charge in [-0.2, -0.15) is 0 Å². The summed E-state index contributed by atoms with van der Waals surface area (Å²) < 4.78 is 0. The summed E-state index contributed by atoms with van der Waals surface area (Å²) in [5, 5.41) is 6.68. The molecule has 0 amide bonds. The summed E-state index contributed by atoms with van der Waals surface area (Å²) in [5.41, 5.74) is 2.74. The lowest BCUT2D eigenvalue weighted by Gasteiger charge is -2.11. The summed E-state index contributed by atoms with van der Waals surface area (Å²) in [6.45, 7) is 5.27. The number of nitrogens with zero attached hydrogens (tertiary/aromatic N) is 1. The number of nitrogens with one attached hydrogen (secondary N) is 1. The van der Waals surface area contributed by atoms with Crippen LogP contribution in [0.15, 0.2) is 35.8 Å². The summed E-state index contributed by atoms with van der Waals surface area (Å²) in [5.74, 6) is 0. The van der Waals surface area contributed by atoms with Crippen molar-refractivity contribution in [3.05, 3.63) is 52.0 Å². The van der Waals surface area contributed by atoms with Crippen LogP contribution in [0.25, 0.3) is 0 Å². The van der Waals surface area contributed by atoms with Crippen molar-refractivity contribution in [1.82, 2.24) is 10.3 Å². The van der Waals surface area contributed by atoms with E-state index in [2.05, 4.69) is 48.4 Å². The molecule has 0 fully saturated rings. The third kappa shape index (κ3) is 3.65. The highest BCUT2D eigenvalue weighted by molar-refractivity contribution is 7.09. The summed E-state index contributed by atoms with van der Waals surface area (Å²) in [7, 11) is 0. The van der Waals surface area contributed by atoms with Gasteiger partial charge in [-0.15, -0.1) is 11.3 Å². The van der Waals surface area contributed by atoms with Gasteiger partial charge in [-0.25, -0.2) is 4.98 Å². The van der Waals surface area contributed by atoms with Crippen LogP contribution in [0.2, 0.25) is 0 Å². The molecule has 0 spiro atoms. The van der Waals surface area contributed by atoms with E-state index in [1.807, 2.05) is 11.6 Å². The second kappa shape index (κ2) is 5.94. The molecule has 1 N–H and O–H groups in total. The molecule has 2 aromatic rings. The summed E-state index contributed by atoms with van der Waals surface area (Å²) in [6.07, 6.45) is 2.81. The first-order chi connectivity index (χ1) is 8.25. The minimum atomic E-state index is 0.517. The first kappa shape index (κ1) is 12.3. The average molecular weight is 246 g/mol. The highest BCUT2D eigenvalue weighted by Crippen LogP contribution is 2.16. The predicted molar refractivity (Wildman–Crippen MR) is 73.3 cm³/mol. The molecule has 1 heterocycles. The van der Waals surface area contributed by atoms with Gasteiger partial charge in [-0.05, 0) is 11.1 Å². The van der Waals surface area contributed by atoms with Crippen molar-refractivity contribution in [2.24, 2.45) is 0 Å². The Balaban J connectivity index is 2.10. The smallest absolute Gasteiger partial charge is 0.0968 e. The first-order valence-electron chi connectivity index (χ1n) is 5.94. The van der Waals surface area contributed by atoms with Gasteiger partial charge in [0.25, 0.3) is 0 Å². The lowest BCUT2D eigenvalue weighted by molar-refractivity contribution is 0.587. The van der Waals surface area contributed by atoms with E-state index >= 15 is 0 Å². The molecule has 0 aliphatic rings. The third-order valence-electron chi connectivity index (χ3n) is 2.64. The quantitative estimate of drug-likeness (QED) is 0.876. The summed E-state index contributed by atoms with van der Waals surface area (Å²) >= 11 is 1.72. The van der Waals surface area contributed by atoms with Crippen LogP contribution in [-0.4, -0.2) is 11.0 Å². The largest absolute Gasteiger partial charge is 0.310 e. The standard InChI is InChI=1S/C14H18N2S/c1-11(2)16-10-13-6-4-3-5-12(13)9-14-15-7-8-17-14/h3-8,11,16H,9-10H2,1-2H3. The molecule has 0 unspecified atom stereocenters. The van der Waals surface area contributed by atoms with Crippen LogP contribution >= 0.6 is 11.3 Å². The van der Waals surface area contributed by atoms with E-state index in [0.29, 0.717) is 6.04 Å². The number of aromatic nitrogens is 1. The highest BCUT2D eigenvalue weighted by atomic mass is 32.1. The third-order valence-corrected chi connectivity index (χ3v) is 3.42. The van der Waals surface area contributed by atoms with E-state index < -0.39 is 0 Å². The lowest BCUT2D eigenvalue weighted by Crippen LogP contribution is -2.22. The number of rotatable bonds is 5. The van der Waals surface area contributed by atoms with Crippen LogP contribution in [0, 0.1) is 0 Å². The van der Waals surface area contributed by atoms with Gasteiger partial charge in [0.1, 0.15) is 0 Å². The molecule has 0 atom stereocenters. The fourth-order valence-electron chi connectivity index (χ4n) is 1.72. The van der Waals surface area contributed by atoms with Crippen LogP contribution in [0.1, 0.15) is 30.0 Å². The van der Waals surface area contributed by atoms with Gasteiger partial charge in [0, 0.05) is 30.6 Å². The fraction of sp³-hybridized carbons (Fsp3) is 0.357. The molecule has 0 saturated carbocycles. The molecular formula is C14H18N2S. The number of thiazole rings is 1. The Morgan fingerprint density at radius 3 is 2.65 bits per heavy atom. The Morgan fingerprint density at radius 2 is 2.00 bits per heavy atom. The second-order valence-corrected chi connectivity index (χ2v) is 5.39. The Hall–Kier alpha value is -1.19. The van der Waals surface area contributed by atoms with Crippen LogP contribution in [0.5, 0.6) is 0 Å². The van der Waals surface area contributed by atoms with E-state index in [1.54, 1.807) is 11.3 Å². The lowest BCUT2D eigenvalue weighted by atomic mass is 10.0. The van der Waals surface area contributed by atoms with Crippen molar-refractivity contribution >= 4 is 11.3 Å². The maximum absolute atomic E-state index is 4.35. The highest BCUT2D eigenvalue weighted by Gasteiger charge is 2.05. The second-order valence-electron chi connectivity index (χ2n) is 4.41. The van der Waals surface area contributed by atoms with Gasteiger partial charge in [-0.1, -0.05) is 38.1 Å². The molecule has 90 valence electrons. The van der Waals surface area contributed by atoms with Crippen molar-refractivity contribution in [3.8, 4) is 0 Å². The van der Waals surface area contributed by atoms with Gasteiger partial charge in [0.2, 0.25) is 0 Å². The minimum Gasteiger partial charge on any atom is -0.310 e. The van der Waals surface area contributed by atoms with Gasteiger partial charge >= 0.3 is 0 Å². The fourth-order valence-corrected chi connectivity index (χ4v) is 2.36. The maximum atomic E-state index is 4.35. The monoisotopic (exact) mass is 246 g/mol. The van der Waals surface area contributed by atoms with Crippen LogP contribution in [0.3, 0.4) is 0 Å². The van der Waals surface area contributed by atoms with E-state index in [0.717, 1.165) is 13.0 Å². The predicted octanol–water partition coefficient (Wildman–Crippen LogP) is 3.23. The van der Waals surface area contributed by atoms with Gasteiger partial charge in [0.15, 0.2) is 0 Å². The molecule has 0 aliphatic heterocycles. The number of benzene rings is 1. The summed E-state index contributed by atoms with van der Waals surface area (Å²) in [6, 6.07) is 9.10. The SMILES string of the molecule is CC(C)NCc1ccccc1Cc1nccs1. The van der Waals surface area contributed by atoms with Crippen LogP contribution < -0.4 is 5.32 Å². The molecule has 0 bridgehead atoms. The Morgan fingerprint density at radius 1 is 1.24 bits per heavy atom. The van der Waals surface area contributed by atoms with Gasteiger partial charge in [0.05, 0.1) is 5.01 Å². The number of hydrogen-bond donors (Lipinski definition) is 1. The zero-order valence-corrected chi connectivity index (χ0v) is 11.1. The van der Waals surface area contributed by atoms with Crippen molar-refractivity contribution in [1.29, 1.82) is 0 Å². The van der Waals surface area contributed by atoms with E-state index in [-0.39, 0.29) is 0 Å². The topological polar surface area (TPSA) is 24.9 Å². The molecule has 17 heavy (non-hydrogen) atoms. The van der Waals surface area contributed by atoms with Crippen molar-refractivity contribution in [2.75, 3.05) is 0 Å². The van der Waals surface area contributed by atoms with Crippen LogP contribution in [-0.2, 0) is 13.0 Å². The molecule has 2 rings (SSSR count). The van der Waals surface area contributed by atoms with Crippen molar-refractivity contribution in [2.45, 2.75) is 32.9 Å². The zero-order chi connectivity index (χ0) is 12.1. The van der Waals surface area contributed by atoms with Crippen LogP contribution in [0.4, 0.5) is 0 Å². The normalized spacial score (nSPS) is 11.0. The molecule has 1 aromatic heterocycles. The van der Waals surface area contributed by atoms with E-state index in [9.17, 15) is 0 Å². The van der Waals surface area contributed by atoms with E-state index in [4.69, 9.17) is 0 Å². The molecule has 0 saturated heterocycles. The molecule has 3 heteroatoms. The maximum Gasteiger partial charge on any atom is 0.0968 e. The zero-order valence-electron chi connectivity index (χ0n) is 10.3. The van der Waals surface area contributed by atoms with Gasteiger partial charge < -0.3 is 5.32 Å². The molecule has 0 aliphatic carbocycles.